The van der Waals surface area contributed by atoms with Gasteiger partial charge in [0, 0.05) is 19.2 Å². The zero-order valence-electron chi connectivity index (χ0n) is 7.85. The molecule has 0 unspecified atom stereocenters. The number of rotatable bonds is 4. The summed E-state index contributed by atoms with van der Waals surface area (Å²) in [6.07, 6.45) is 1.84. The van der Waals surface area contributed by atoms with Crippen LogP contribution in [0.1, 0.15) is 13.8 Å². The molecule has 1 heterocycles. The molecule has 0 fully saturated rings. The largest absolute Gasteiger partial charge is 0.371 e. The number of hydrogen-bond donors (Lipinski definition) is 4. The molecule has 4 N–H and O–H groups in total. The van der Waals surface area contributed by atoms with E-state index in [2.05, 4.69) is 21.6 Å². The van der Waals surface area contributed by atoms with Crippen molar-refractivity contribution >= 4 is 17.2 Å². The van der Waals surface area contributed by atoms with Gasteiger partial charge in [0.2, 0.25) is 0 Å². The van der Waals surface area contributed by atoms with Gasteiger partial charge in [0.25, 0.3) is 0 Å². The van der Waals surface area contributed by atoms with E-state index < -0.39 is 0 Å². The van der Waals surface area contributed by atoms with Crippen LogP contribution in [0.4, 0.5) is 0 Å². The van der Waals surface area contributed by atoms with E-state index in [4.69, 9.17) is 12.2 Å². The molecule has 0 aromatic carbocycles. The van der Waals surface area contributed by atoms with E-state index in [1.807, 2.05) is 19.9 Å². The second-order valence-electron chi connectivity index (χ2n) is 2.52. The van der Waals surface area contributed by atoms with Gasteiger partial charge in [0.15, 0.2) is 0 Å². The lowest BCUT2D eigenvalue weighted by Crippen LogP contribution is -2.61. The summed E-state index contributed by atoms with van der Waals surface area (Å²) < 4.78 is 0. The highest BCUT2D eigenvalue weighted by atomic mass is 32.1. The summed E-state index contributed by atoms with van der Waals surface area (Å²) in [4.78, 5) is 0.677. The lowest BCUT2D eigenvalue weighted by atomic mass is 10.5. The number of hydrogen-bond acceptors (Lipinski definition) is 5. The lowest BCUT2D eigenvalue weighted by molar-refractivity contribution is 0.0934. The average Bonchev–Trinajstić information content (AvgIpc) is 2.04. The van der Waals surface area contributed by atoms with Crippen LogP contribution in [0.3, 0.4) is 0 Å². The van der Waals surface area contributed by atoms with Gasteiger partial charge in [-0.1, -0.05) is 24.4 Å². The first-order valence-electron chi connectivity index (χ1n) is 4.32. The van der Waals surface area contributed by atoms with E-state index in [0.29, 0.717) is 4.99 Å². The van der Waals surface area contributed by atoms with Gasteiger partial charge in [-0.15, -0.1) is 0 Å². The second kappa shape index (κ2) is 5.00. The zero-order valence-corrected chi connectivity index (χ0v) is 8.66. The first kappa shape index (κ1) is 10.2. The van der Waals surface area contributed by atoms with Crippen molar-refractivity contribution in [2.75, 3.05) is 13.1 Å². The Morgan fingerprint density at radius 1 is 1.38 bits per heavy atom. The molecule has 0 atom stereocenters. The van der Waals surface area contributed by atoms with Crippen LogP contribution in [0.15, 0.2) is 11.9 Å². The third kappa shape index (κ3) is 3.17. The molecule has 1 aliphatic heterocycles. The molecular weight excluding hydrogens is 186 g/mol. The smallest absolute Gasteiger partial charge is 0.119 e. The van der Waals surface area contributed by atoms with E-state index in [1.165, 1.54) is 0 Å². The molecule has 0 spiro atoms. The minimum Gasteiger partial charge on any atom is -0.371 e. The number of nitrogens with one attached hydrogen (secondary N) is 4. The van der Waals surface area contributed by atoms with Crippen LogP contribution in [0, 0.1) is 0 Å². The quantitative estimate of drug-likeness (QED) is 0.465. The van der Waals surface area contributed by atoms with Gasteiger partial charge < -0.3 is 5.32 Å². The van der Waals surface area contributed by atoms with Gasteiger partial charge in [0.05, 0.1) is 0 Å². The summed E-state index contributed by atoms with van der Waals surface area (Å²) in [6, 6.07) is 0. The summed E-state index contributed by atoms with van der Waals surface area (Å²) in [6.45, 7) is 5.73. The molecule has 0 saturated heterocycles. The van der Waals surface area contributed by atoms with Crippen molar-refractivity contribution in [3.8, 4) is 0 Å². The molecule has 0 aromatic rings. The summed E-state index contributed by atoms with van der Waals surface area (Å²) in [5, 5.41) is 4.78. The predicted molar refractivity (Wildman–Crippen MR) is 56.1 cm³/mol. The van der Waals surface area contributed by atoms with Gasteiger partial charge in [-0.2, -0.15) is 0 Å². The molecular formula is C7H15N5S. The van der Waals surface area contributed by atoms with Gasteiger partial charge in [-0.25, -0.2) is 5.43 Å². The normalized spacial score (nSPS) is 17.4. The first-order chi connectivity index (χ1) is 6.26. The van der Waals surface area contributed by atoms with Crippen molar-refractivity contribution in [3.05, 3.63) is 11.9 Å². The molecule has 0 radical (unpaired) electrons. The van der Waals surface area contributed by atoms with Crippen LogP contribution in [-0.4, -0.2) is 23.3 Å². The molecule has 1 aliphatic rings. The number of hydrazine groups is 3. The predicted octanol–water partition coefficient (Wildman–Crippen LogP) is -0.386. The maximum Gasteiger partial charge on any atom is 0.119 e. The molecule has 0 aromatic heterocycles. The van der Waals surface area contributed by atoms with Crippen molar-refractivity contribution in [2.24, 2.45) is 0 Å². The summed E-state index contributed by atoms with van der Waals surface area (Å²) in [7, 11) is 0. The highest BCUT2D eigenvalue weighted by Gasteiger charge is 2.11. The highest BCUT2D eigenvalue weighted by Crippen LogP contribution is 1.92. The minimum absolute atomic E-state index is 0.677. The SMILES string of the molecule is CCNC1=CC(=S)NN(NCC)N1. The Balaban J connectivity index is 2.51. The summed E-state index contributed by atoms with van der Waals surface area (Å²) >= 11 is 5.04. The van der Waals surface area contributed by atoms with Crippen LogP contribution in [0.5, 0.6) is 0 Å². The van der Waals surface area contributed by atoms with E-state index in [0.717, 1.165) is 18.9 Å². The van der Waals surface area contributed by atoms with E-state index in [-0.39, 0.29) is 0 Å². The first-order valence-corrected chi connectivity index (χ1v) is 4.73. The van der Waals surface area contributed by atoms with Crippen LogP contribution >= 0.6 is 12.2 Å². The lowest BCUT2D eigenvalue weighted by Gasteiger charge is -2.30. The molecule has 6 heteroatoms. The van der Waals surface area contributed by atoms with Gasteiger partial charge in [-0.3, -0.25) is 10.9 Å². The van der Waals surface area contributed by atoms with E-state index in [9.17, 15) is 0 Å². The van der Waals surface area contributed by atoms with Gasteiger partial charge in [0.1, 0.15) is 10.8 Å². The highest BCUT2D eigenvalue weighted by molar-refractivity contribution is 7.80. The molecule has 0 saturated carbocycles. The van der Waals surface area contributed by atoms with Crippen LogP contribution in [0.25, 0.3) is 0 Å². The van der Waals surface area contributed by atoms with E-state index in [1.54, 1.807) is 5.23 Å². The summed E-state index contributed by atoms with van der Waals surface area (Å²) in [5.74, 6) is 0.896. The maximum absolute atomic E-state index is 5.04. The van der Waals surface area contributed by atoms with Crippen molar-refractivity contribution in [1.82, 2.24) is 26.8 Å². The van der Waals surface area contributed by atoms with Crippen LogP contribution in [0.2, 0.25) is 0 Å². The fourth-order valence-corrected chi connectivity index (χ4v) is 1.18. The van der Waals surface area contributed by atoms with Crippen molar-refractivity contribution in [1.29, 1.82) is 0 Å². The number of thiocarbonyl (C=S) groups is 1. The Morgan fingerprint density at radius 2 is 2.15 bits per heavy atom. The maximum atomic E-state index is 5.04. The number of nitrogens with zero attached hydrogens (tertiary/aromatic N) is 1. The standard InChI is InChI=1S/C7H15N5S/c1-3-8-6-5-7(13)11-12(10-6)9-4-2/h5,8-10H,3-4H2,1-2H3,(H,11,13). The Bertz CT molecular complexity index is 215. The van der Waals surface area contributed by atoms with Crippen molar-refractivity contribution in [2.45, 2.75) is 13.8 Å². The second-order valence-corrected chi connectivity index (χ2v) is 2.96. The average molecular weight is 201 g/mol. The Labute approximate surface area is 83.5 Å². The van der Waals surface area contributed by atoms with E-state index >= 15 is 0 Å². The Kier molecular flexibility index (Phi) is 3.94. The van der Waals surface area contributed by atoms with Gasteiger partial charge >= 0.3 is 0 Å². The fourth-order valence-electron chi connectivity index (χ4n) is 0.972. The fraction of sp³-hybridized carbons (Fsp3) is 0.571. The third-order valence-corrected chi connectivity index (χ3v) is 1.62. The molecule has 0 amide bonds. The molecule has 5 nitrogen and oxygen atoms in total. The van der Waals surface area contributed by atoms with Crippen LogP contribution in [-0.2, 0) is 0 Å². The molecule has 1 rings (SSSR count). The molecule has 74 valence electrons. The Hall–Kier alpha value is -0.850. The molecule has 0 aliphatic carbocycles. The summed E-state index contributed by atoms with van der Waals surface area (Å²) in [5.41, 5.74) is 9.04. The van der Waals surface area contributed by atoms with Gasteiger partial charge in [-0.05, 0) is 6.92 Å². The topological polar surface area (TPSA) is 51.4 Å². The monoisotopic (exact) mass is 201 g/mol. The van der Waals surface area contributed by atoms with Crippen molar-refractivity contribution in [3.63, 3.8) is 0 Å². The minimum atomic E-state index is 0.677. The molecule has 13 heavy (non-hydrogen) atoms. The zero-order chi connectivity index (χ0) is 9.68. The van der Waals surface area contributed by atoms with Crippen LogP contribution < -0.4 is 21.6 Å². The Morgan fingerprint density at radius 3 is 2.77 bits per heavy atom. The van der Waals surface area contributed by atoms with Crippen molar-refractivity contribution < 1.29 is 0 Å². The molecule has 0 bridgehead atoms. The third-order valence-electron chi connectivity index (χ3n) is 1.41.